The van der Waals surface area contributed by atoms with E-state index in [2.05, 4.69) is 89.4 Å². The molecule has 0 saturated carbocycles. The number of fused-ring (bicyclic) bond motifs is 3. The van der Waals surface area contributed by atoms with Crippen LogP contribution >= 0.6 is 15.9 Å². The second-order valence-corrected chi connectivity index (χ2v) is 8.35. The van der Waals surface area contributed by atoms with Crippen LogP contribution in [0.25, 0.3) is 6.08 Å². The lowest BCUT2D eigenvalue weighted by molar-refractivity contribution is -0.118. The van der Waals surface area contributed by atoms with E-state index in [4.69, 9.17) is 0 Å². The number of aryl methyl sites for hydroxylation is 1. The molecule has 3 nitrogen and oxygen atoms in total. The number of benzene rings is 2. The number of halogens is 1. The van der Waals surface area contributed by atoms with Gasteiger partial charge in [0.25, 0.3) is 0 Å². The third-order valence-corrected chi connectivity index (χ3v) is 6.04. The first-order valence-corrected chi connectivity index (χ1v) is 9.27. The fourth-order valence-electron chi connectivity index (χ4n) is 4.08. The number of carbonyl (C=O) groups is 1. The predicted molar refractivity (Wildman–Crippen MR) is 106 cm³/mol. The number of amides is 1. The highest BCUT2D eigenvalue weighted by Crippen LogP contribution is 2.53. The van der Waals surface area contributed by atoms with Crippen LogP contribution in [0.1, 0.15) is 30.5 Å². The maximum Gasteiger partial charge on any atom is 0.241 e. The molecule has 4 rings (SSSR count). The molecule has 2 aromatic carbocycles. The van der Waals surface area contributed by atoms with Crippen LogP contribution in [0.4, 0.5) is 5.69 Å². The van der Waals surface area contributed by atoms with Crippen LogP contribution in [0.3, 0.4) is 0 Å². The van der Waals surface area contributed by atoms with Crippen molar-refractivity contribution in [1.29, 1.82) is 0 Å². The average Bonchev–Trinajstić information content (AvgIpc) is 2.99. The van der Waals surface area contributed by atoms with Crippen molar-refractivity contribution in [1.82, 2.24) is 5.32 Å². The molecular weight excluding hydrogens is 376 g/mol. The zero-order valence-corrected chi connectivity index (χ0v) is 16.2. The lowest BCUT2D eigenvalue weighted by Crippen LogP contribution is -2.58. The Hall–Kier alpha value is -2.07. The number of carbonyl (C=O) groups excluding carboxylic acids is 1. The summed E-state index contributed by atoms with van der Waals surface area (Å²) >= 11 is 3.47. The van der Waals surface area contributed by atoms with E-state index in [0.717, 1.165) is 15.7 Å². The first-order valence-electron chi connectivity index (χ1n) is 8.48. The molecule has 0 bridgehead atoms. The minimum atomic E-state index is -0.534. The molecule has 128 valence electrons. The van der Waals surface area contributed by atoms with Crippen molar-refractivity contribution < 1.29 is 4.79 Å². The predicted octanol–water partition coefficient (Wildman–Crippen LogP) is 4.39. The van der Waals surface area contributed by atoms with Gasteiger partial charge in [-0.2, -0.15) is 0 Å². The van der Waals surface area contributed by atoms with Gasteiger partial charge in [-0.25, -0.2) is 0 Å². The van der Waals surface area contributed by atoms with Crippen molar-refractivity contribution in [3.05, 3.63) is 69.7 Å². The zero-order valence-electron chi connectivity index (χ0n) is 14.6. The highest BCUT2D eigenvalue weighted by atomic mass is 79.9. The Balaban J connectivity index is 1.83. The second-order valence-electron chi connectivity index (χ2n) is 7.43. The van der Waals surface area contributed by atoms with Crippen LogP contribution < -0.4 is 10.2 Å². The van der Waals surface area contributed by atoms with E-state index in [-0.39, 0.29) is 11.3 Å². The van der Waals surface area contributed by atoms with E-state index < -0.39 is 5.66 Å². The Bertz CT molecular complexity index is 885. The number of hydrogen-bond donors (Lipinski definition) is 1. The second kappa shape index (κ2) is 5.46. The third kappa shape index (κ3) is 2.35. The summed E-state index contributed by atoms with van der Waals surface area (Å²) in [7, 11) is 0. The van der Waals surface area contributed by atoms with Gasteiger partial charge in [-0.1, -0.05) is 65.7 Å². The summed E-state index contributed by atoms with van der Waals surface area (Å²) in [5.41, 5.74) is 4.02. The largest absolute Gasteiger partial charge is 0.335 e. The standard InChI is InChI=1S/C21H21BrN2O/c1-14-4-9-18-17(12-14)20(2,3)21(23-19(25)13-24(18)21)11-10-15-5-7-16(22)8-6-15/h4-12H,13H2,1-3H3,(H,23,25). The number of rotatable bonds is 2. The topological polar surface area (TPSA) is 32.3 Å². The molecule has 0 spiro atoms. The summed E-state index contributed by atoms with van der Waals surface area (Å²) in [5.74, 6) is 0.0692. The maximum atomic E-state index is 12.3. The molecule has 1 N–H and O–H groups in total. The fourth-order valence-corrected chi connectivity index (χ4v) is 4.34. The molecule has 25 heavy (non-hydrogen) atoms. The third-order valence-electron chi connectivity index (χ3n) is 5.51. The molecule has 1 saturated heterocycles. The van der Waals surface area contributed by atoms with Crippen LogP contribution in [0.2, 0.25) is 0 Å². The summed E-state index contributed by atoms with van der Waals surface area (Å²) in [5, 5.41) is 3.26. The molecule has 0 aromatic heterocycles. The van der Waals surface area contributed by atoms with E-state index in [9.17, 15) is 4.79 Å². The fraction of sp³-hybridized carbons (Fsp3) is 0.286. The molecule has 2 aromatic rings. The zero-order chi connectivity index (χ0) is 17.8. The average molecular weight is 397 g/mol. The van der Waals surface area contributed by atoms with Crippen molar-refractivity contribution in [3.8, 4) is 0 Å². The van der Waals surface area contributed by atoms with Gasteiger partial charge in [-0.15, -0.1) is 0 Å². The van der Waals surface area contributed by atoms with Gasteiger partial charge in [0.15, 0.2) is 0 Å². The molecule has 1 atom stereocenters. The first kappa shape index (κ1) is 16.4. The number of anilines is 1. The van der Waals surface area contributed by atoms with Crippen molar-refractivity contribution >= 4 is 33.6 Å². The van der Waals surface area contributed by atoms with E-state index in [0.29, 0.717) is 6.54 Å². The van der Waals surface area contributed by atoms with Gasteiger partial charge in [0, 0.05) is 15.6 Å². The minimum Gasteiger partial charge on any atom is -0.335 e. The Morgan fingerprint density at radius 3 is 2.60 bits per heavy atom. The van der Waals surface area contributed by atoms with Crippen molar-refractivity contribution in [2.45, 2.75) is 31.8 Å². The van der Waals surface area contributed by atoms with Crippen LogP contribution in [0.5, 0.6) is 0 Å². The van der Waals surface area contributed by atoms with Gasteiger partial charge in [-0.3, -0.25) is 4.79 Å². The van der Waals surface area contributed by atoms with Crippen LogP contribution in [-0.4, -0.2) is 18.1 Å². The lowest BCUT2D eigenvalue weighted by atomic mass is 9.75. The van der Waals surface area contributed by atoms with Gasteiger partial charge >= 0.3 is 0 Å². The minimum absolute atomic E-state index is 0.0692. The summed E-state index contributed by atoms with van der Waals surface area (Å²) in [6.07, 6.45) is 4.25. The van der Waals surface area contributed by atoms with E-state index in [1.165, 1.54) is 11.1 Å². The molecule has 1 fully saturated rings. The Morgan fingerprint density at radius 2 is 1.88 bits per heavy atom. The summed E-state index contributed by atoms with van der Waals surface area (Å²) in [4.78, 5) is 14.5. The number of nitrogens with zero attached hydrogens (tertiary/aromatic N) is 1. The SMILES string of the molecule is Cc1ccc2c(c1)C(C)(C)C1(C=Cc3ccc(Br)cc3)NC(=O)CN21. The lowest BCUT2D eigenvalue weighted by Gasteiger charge is -2.40. The Morgan fingerprint density at radius 1 is 1.16 bits per heavy atom. The van der Waals surface area contributed by atoms with E-state index >= 15 is 0 Å². The monoisotopic (exact) mass is 396 g/mol. The Kier molecular flexibility index (Phi) is 3.58. The van der Waals surface area contributed by atoms with E-state index in [1.807, 2.05) is 12.1 Å². The smallest absolute Gasteiger partial charge is 0.241 e. The molecule has 0 radical (unpaired) electrons. The molecule has 0 aliphatic carbocycles. The molecule has 1 amide bonds. The van der Waals surface area contributed by atoms with Gasteiger partial charge in [0.2, 0.25) is 5.91 Å². The molecule has 1 unspecified atom stereocenters. The quantitative estimate of drug-likeness (QED) is 0.815. The van der Waals surface area contributed by atoms with Crippen LogP contribution in [-0.2, 0) is 10.2 Å². The highest BCUT2D eigenvalue weighted by molar-refractivity contribution is 9.10. The van der Waals surface area contributed by atoms with Crippen molar-refractivity contribution in [2.24, 2.45) is 0 Å². The van der Waals surface area contributed by atoms with Gasteiger partial charge in [0.1, 0.15) is 5.66 Å². The van der Waals surface area contributed by atoms with Gasteiger partial charge in [0.05, 0.1) is 6.54 Å². The number of nitrogens with one attached hydrogen (secondary N) is 1. The molecule has 2 aliphatic rings. The van der Waals surface area contributed by atoms with Gasteiger partial charge in [-0.05, 0) is 42.3 Å². The summed E-state index contributed by atoms with van der Waals surface area (Å²) < 4.78 is 1.06. The molecule has 4 heteroatoms. The number of hydrogen-bond acceptors (Lipinski definition) is 2. The Labute approximate surface area is 156 Å². The van der Waals surface area contributed by atoms with E-state index in [1.54, 1.807) is 0 Å². The molecule has 2 heterocycles. The van der Waals surface area contributed by atoms with Crippen LogP contribution in [0, 0.1) is 6.92 Å². The van der Waals surface area contributed by atoms with Crippen molar-refractivity contribution in [2.75, 3.05) is 11.4 Å². The molecule has 2 aliphatic heterocycles. The van der Waals surface area contributed by atoms with Crippen molar-refractivity contribution in [3.63, 3.8) is 0 Å². The van der Waals surface area contributed by atoms with Gasteiger partial charge < -0.3 is 10.2 Å². The first-order chi connectivity index (χ1) is 11.8. The summed E-state index contributed by atoms with van der Waals surface area (Å²) in [6, 6.07) is 14.7. The maximum absolute atomic E-state index is 12.3. The molecular formula is C21H21BrN2O. The van der Waals surface area contributed by atoms with Crippen LogP contribution in [0.15, 0.2) is 53.0 Å². The normalized spacial score (nSPS) is 23.7. The summed E-state index contributed by atoms with van der Waals surface area (Å²) in [6.45, 7) is 6.93. The highest BCUT2D eigenvalue weighted by Gasteiger charge is 2.59.